The van der Waals surface area contributed by atoms with Crippen molar-refractivity contribution in [3.63, 3.8) is 0 Å². The van der Waals surface area contributed by atoms with Crippen molar-refractivity contribution in [2.75, 3.05) is 7.05 Å². The van der Waals surface area contributed by atoms with E-state index in [2.05, 4.69) is 21.0 Å². The highest BCUT2D eigenvalue weighted by Crippen LogP contribution is 2.28. The molecule has 0 spiro atoms. The molecule has 1 fully saturated rings. The molecule has 1 aliphatic rings. The maximum absolute atomic E-state index is 12.2. The monoisotopic (exact) mass is 299 g/mol. The number of aryl methyl sites for hydroxylation is 1. The Bertz CT molecular complexity index is 404. The zero-order valence-electron chi connectivity index (χ0n) is 10.3. The van der Waals surface area contributed by atoms with Crippen LogP contribution in [-0.4, -0.2) is 38.5 Å². The van der Waals surface area contributed by atoms with Gasteiger partial charge in [0.1, 0.15) is 5.69 Å². The van der Waals surface area contributed by atoms with Gasteiger partial charge in [-0.1, -0.05) is 28.8 Å². The van der Waals surface area contributed by atoms with Crippen molar-refractivity contribution < 1.29 is 4.79 Å². The van der Waals surface area contributed by atoms with Gasteiger partial charge >= 0.3 is 0 Å². The molecule has 1 saturated carbocycles. The standard InChI is InChI=1S/C12H18BrN3O/c1-15-8-7-10(14-15)12(17)16(2)11-6-4-3-5-9(11)13/h7-9,11H,3-6H2,1-2H3. The first-order valence-electron chi connectivity index (χ1n) is 6.00. The van der Waals surface area contributed by atoms with Crippen LogP contribution in [-0.2, 0) is 7.05 Å². The lowest BCUT2D eigenvalue weighted by molar-refractivity contribution is 0.0698. The van der Waals surface area contributed by atoms with Gasteiger partial charge in [-0.3, -0.25) is 9.48 Å². The predicted octanol–water partition coefficient (Wildman–Crippen LogP) is 2.20. The second-order valence-corrected chi connectivity index (χ2v) is 5.83. The summed E-state index contributed by atoms with van der Waals surface area (Å²) in [5.74, 6) is 0.0157. The molecular weight excluding hydrogens is 282 g/mol. The SMILES string of the molecule is CN(C(=O)c1ccn(C)n1)C1CCCCC1Br. The van der Waals surface area contributed by atoms with Gasteiger partial charge in [0.2, 0.25) is 0 Å². The Labute approximate surface area is 110 Å². The number of hydrogen-bond donors (Lipinski definition) is 0. The van der Waals surface area contributed by atoms with Crippen molar-refractivity contribution in [1.82, 2.24) is 14.7 Å². The van der Waals surface area contributed by atoms with E-state index >= 15 is 0 Å². The van der Waals surface area contributed by atoms with Crippen LogP contribution in [0.5, 0.6) is 0 Å². The third-order valence-corrected chi connectivity index (χ3v) is 4.47. The lowest BCUT2D eigenvalue weighted by atomic mass is 9.94. The molecule has 94 valence electrons. The van der Waals surface area contributed by atoms with Gasteiger partial charge < -0.3 is 4.90 Å². The van der Waals surface area contributed by atoms with Gasteiger partial charge in [-0.2, -0.15) is 5.10 Å². The summed E-state index contributed by atoms with van der Waals surface area (Å²) in [4.78, 5) is 14.5. The van der Waals surface area contributed by atoms with Crippen LogP contribution in [0.1, 0.15) is 36.2 Å². The summed E-state index contributed by atoms with van der Waals surface area (Å²) in [7, 11) is 3.70. The summed E-state index contributed by atoms with van der Waals surface area (Å²) in [5.41, 5.74) is 0.528. The molecule has 2 unspecified atom stereocenters. The smallest absolute Gasteiger partial charge is 0.274 e. The van der Waals surface area contributed by atoms with Crippen molar-refractivity contribution >= 4 is 21.8 Å². The van der Waals surface area contributed by atoms with Crippen molar-refractivity contribution in [2.45, 2.75) is 36.6 Å². The highest BCUT2D eigenvalue weighted by atomic mass is 79.9. The molecule has 2 atom stereocenters. The van der Waals surface area contributed by atoms with Gasteiger partial charge in [0.25, 0.3) is 5.91 Å². The fourth-order valence-corrected chi connectivity index (χ4v) is 3.31. The van der Waals surface area contributed by atoms with Gasteiger partial charge in [0.15, 0.2) is 0 Å². The molecule has 4 nitrogen and oxygen atoms in total. The van der Waals surface area contributed by atoms with Crippen LogP contribution >= 0.6 is 15.9 Å². The van der Waals surface area contributed by atoms with E-state index in [-0.39, 0.29) is 5.91 Å². The topological polar surface area (TPSA) is 38.1 Å². The van der Waals surface area contributed by atoms with Crippen molar-refractivity contribution in [3.8, 4) is 0 Å². The summed E-state index contributed by atoms with van der Waals surface area (Å²) in [5, 5.41) is 4.16. The molecular formula is C12H18BrN3O. The van der Waals surface area contributed by atoms with Gasteiger partial charge in [-0.05, 0) is 18.9 Å². The molecule has 1 heterocycles. The first-order chi connectivity index (χ1) is 8.09. The Morgan fingerprint density at radius 3 is 2.82 bits per heavy atom. The molecule has 0 saturated heterocycles. The Morgan fingerprint density at radius 1 is 1.53 bits per heavy atom. The first-order valence-corrected chi connectivity index (χ1v) is 6.92. The molecule has 0 aliphatic heterocycles. The predicted molar refractivity (Wildman–Crippen MR) is 70.3 cm³/mol. The summed E-state index contributed by atoms with van der Waals surface area (Å²) < 4.78 is 1.66. The average Bonchev–Trinajstić information content (AvgIpc) is 2.75. The number of hydrogen-bond acceptors (Lipinski definition) is 2. The Balaban J connectivity index is 2.08. The summed E-state index contributed by atoms with van der Waals surface area (Å²) >= 11 is 3.68. The summed E-state index contributed by atoms with van der Waals surface area (Å²) in [6.07, 6.45) is 6.47. The maximum Gasteiger partial charge on any atom is 0.274 e. The lowest BCUT2D eigenvalue weighted by Crippen LogP contribution is -2.44. The maximum atomic E-state index is 12.2. The fourth-order valence-electron chi connectivity index (χ4n) is 2.36. The van der Waals surface area contributed by atoms with Crippen molar-refractivity contribution in [3.05, 3.63) is 18.0 Å². The quantitative estimate of drug-likeness (QED) is 0.785. The van der Waals surface area contributed by atoms with Crippen LogP contribution in [0.3, 0.4) is 0 Å². The molecule has 1 amide bonds. The van der Waals surface area contributed by atoms with Crippen LogP contribution < -0.4 is 0 Å². The fraction of sp³-hybridized carbons (Fsp3) is 0.667. The Morgan fingerprint density at radius 2 is 2.24 bits per heavy atom. The van der Waals surface area contributed by atoms with Gasteiger partial charge in [-0.15, -0.1) is 0 Å². The first kappa shape index (κ1) is 12.6. The van der Waals surface area contributed by atoms with E-state index in [1.807, 2.05) is 19.0 Å². The van der Waals surface area contributed by atoms with Crippen molar-refractivity contribution in [2.24, 2.45) is 7.05 Å². The number of carbonyl (C=O) groups excluding carboxylic acids is 1. The number of carbonyl (C=O) groups is 1. The molecule has 5 heteroatoms. The highest BCUT2D eigenvalue weighted by Gasteiger charge is 2.30. The van der Waals surface area contributed by atoms with E-state index in [0.717, 1.165) is 12.8 Å². The molecule has 1 aromatic heterocycles. The van der Waals surface area contributed by atoms with Crippen molar-refractivity contribution in [1.29, 1.82) is 0 Å². The van der Waals surface area contributed by atoms with Crippen LogP contribution in [0.25, 0.3) is 0 Å². The highest BCUT2D eigenvalue weighted by molar-refractivity contribution is 9.09. The molecule has 0 bridgehead atoms. The molecule has 0 N–H and O–H groups in total. The summed E-state index contributed by atoms with van der Waals surface area (Å²) in [6.45, 7) is 0. The zero-order valence-corrected chi connectivity index (χ0v) is 11.9. The zero-order chi connectivity index (χ0) is 12.4. The van der Waals surface area contributed by atoms with Crippen LogP contribution in [0.15, 0.2) is 12.3 Å². The average molecular weight is 300 g/mol. The van der Waals surface area contributed by atoms with E-state index in [1.54, 1.807) is 16.9 Å². The third-order valence-electron chi connectivity index (χ3n) is 3.40. The van der Waals surface area contributed by atoms with Gasteiger partial charge in [-0.25, -0.2) is 0 Å². The van der Waals surface area contributed by atoms with Crippen LogP contribution in [0, 0.1) is 0 Å². The Hall–Kier alpha value is -0.840. The lowest BCUT2D eigenvalue weighted by Gasteiger charge is -2.34. The number of alkyl halides is 1. The van der Waals surface area contributed by atoms with E-state index in [9.17, 15) is 4.79 Å². The van der Waals surface area contributed by atoms with Crippen LogP contribution in [0.4, 0.5) is 0 Å². The number of nitrogens with zero attached hydrogens (tertiary/aromatic N) is 3. The Kier molecular flexibility index (Phi) is 3.86. The van der Waals surface area contributed by atoms with E-state index in [1.165, 1.54) is 12.8 Å². The largest absolute Gasteiger partial charge is 0.336 e. The van der Waals surface area contributed by atoms with E-state index in [4.69, 9.17) is 0 Å². The second-order valence-electron chi connectivity index (χ2n) is 4.66. The molecule has 17 heavy (non-hydrogen) atoms. The minimum absolute atomic E-state index is 0.0157. The van der Waals surface area contributed by atoms with Gasteiger partial charge in [0, 0.05) is 31.2 Å². The molecule has 1 aromatic rings. The number of aromatic nitrogens is 2. The molecule has 2 rings (SSSR count). The molecule has 0 aromatic carbocycles. The van der Waals surface area contributed by atoms with E-state index < -0.39 is 0 Å². The normalized spacial score (nSPS) is 24.6. The van der Waals surface area contributed by atoms with Gasteiger partial charge in [0.05, 0.1) is 0 Å². The molecule has 1 aliphatic carbocycles. The number of halogens is 1. The second kappa shape index (κ2) is 5.21. The minimum Gasteiger partial charge on any atom is -0.336 e. The summed E-state index contributed by atoms with van der Waals surface area (Å²) in [6, 6.07) is 2.06. The number of amides is 1. The molecule has 0 radical (unpaired) electrons. The number of rotatable bonds is 2. The van der Waals surface area contributed by atoms with E-state index in [0.29, 0.717) is 16.6 Å². The minimum atomic E-state index is 0.0157. The third kappa shape index (κ3) is 2.70. The van der Waals surface area contributed by atoms with Crippen LogP contribution in [0.2, 0.25) is 0 Å².